The fourth-order valence-electron chi connectivity index (χ4n) is 1.76. The third kappa shape index (κ3) is 2.90. The highest BCUT2D eigenvalue weighted by atomic mass is 32.1. The van der Waals surface area contributed by atoms with Crippen LogP contribution in [-0.2, 0) is 10.9 Å². The number of hydrogen-bond acceptors (Lipinski definition) is 6. The first-order valence-corrected chi connectivity index (χ1v) is 6.24. The van der Waals surface area contributed by atoms with E-state index in [2.05, 4.69) is 15.5 Å². The first-order chi connectivity index (χ1) is 8.45. The van der Waals surface area contributed by atoms with E-state index in [-0.39, 0.29) is 5.13 Å². The minimum atomic E-state index is -4.46. The van der Waals surface area contributed by atoms with Gasteiger partial charge in [-0.15, -0.1) is 10.2 Å². The number of rotatable bonds is 3. The van der Waals surface area contributed by atoms with Crippen molar-refractivity contribution in [2.24, 2.45) is 5.73 Å². The Morgan fingerprint density at radius 3 is 2.50 bits per heavy atom. The van der Waals surface area contributed by atoms with Gasteiger partial charge in [0.2, 0.25) is 10.1 Å². The van der Waals surface area contributed by atoms with Gasteiger partial charge in [0.05, 0.1) is 5.54 Å². The van der Waals surface area contributed by atoms with Crippen LogP contribution in [0.25, 0.3) is 0 Å². The Hall–Kier alpha value is -0.930. The van der Waals surface area contributed by atoms with Crippen molar-refractivity contribution in [2.75, 3.05) is 25.1 Å². The van der Waals surface area contributed by atoms with Gasteiger partial charge in [0, 0.05) is 19.8 Å². The molecule has 2 heterocycles. The number of halogens is 3. The lowest BCUT2D eigenvalue weighted by Gasteiger charge is -2.36. The zero-order valence-electron chi connectivity index (χ0n) is 9.46. The molecule has 1 aromatic rings. The molecule has 0 amide bonds. The van der Waals surface area contributed by atoms with E-state index in [0.717, 1.165) is 0 Å². The van der Waals surface area contributed by atoms with Crippen LogP contribution in [0.5, 0.6) is 0 Å². The minimum absolute atomic E-state index is 0.148. The van der Waals surface area contributed by atoms with Gasteiger partial charge in [-0.05, 0) is 12.8 Å². The summed E-state index contributed by atoms with van der Waals surface area (Å²) in [6, 6.07) is 0. The van der Waals surface area contributed by atoms with E-state index in [1.165, 1.54) is 0 Å². The zero-order valence-corrected chi connectivity index (χ0v) is 10.3. The van der Waals surface area contributed by atoms with Gasteiger partial charge in [0.25, 0.3) is 0 Å². The lowest BCUT2D eigenvalue weighted by Crippen LogP contribution is -2.49. The molecule has 3 N–H and O–H groups in total. The topological polar surface area (TPSA) is 73.1 Å². The number of nitrogens with two attached hydrogens (primary N) is 1. The zero-order chi connectivity index (χ0) is 13.2. The molecule has 0 spiro atoms. The maximum Gasteiger partial charge on any atom is 0.445 e. The van der Waals surface area contributed by atoms with E-state index in [1.807, 2.05) is 0 Å². The highest BCUT2D eigenvalue weighted by Crippen LogP contribution is 2.34. The molecule has 5 nitrogen and oxygen atoms in total. The number of hydrogen-bond donors (Lipinski definition) is 2. The van der Waals surface area contributed by atoms with Crippen LogP contribution in [-0.4, -0.2) is 35.5 Å². The Labute approximate surface area is 106 Å². The summed E-state index contributed by atoms with van der Waals surface area (Å²) in [5.41, 5.74) is 5.25. The quantitative estimate of drug-likeness (QED) is 0.878. The molecule has 0 radical (unpaired) electrons. The number of nitrogens with zero attached hydrogens (tertiary/aromatic N) is 2. The van der Waals surface area contributed by atoms with E-state index in [9.17, 15) is 13.2 Å². The van der Waals surface area contributed by atoms with E-state index >= 15 is 0 Å². The second kappa shape index (κ2) is 4.98. The van der Waals surface area contributed by atoms with Gasteiger partial charge < -0.3 is 15.8 Å². The molecule has 1 aliphatic rings. The Morgan fingerprint density at radius 1 is 1.33 bits per heavy atom. The van der Waals surface area contributed by atoms with Crippen molar-refractivity contribution in [3.8, 4) is 0 Å². The molecule has 2 rings (SSSR count). The fourth-order valence-corrected chi connectivity index (χ4v) is 2.49. The first kappa shape index (κ1) is 13.5. The molecule has 1 fully saturated rings. The van der Waals surface area contributed by atoms with E-state index in [0.29, 0.717) is 43.9 Å². The molecule has 0 aromatic carbocycles. The summed E-state index contributed by atoms with van der Waals surface area (Å²) in [4.78, 5) is 0. The Kier molecular flexibility index (Phi) is 3.74. The third-order valence-electron chi connectivity index (χ3n) is 2.88. The molecule has 1 saturated heterocycles. The van der Waals surface area contributed by atoms with Crippen molar-refractivity contribution in [3.05, 3.63) is 5.01 Å². The molecule has 9 heteroatoms. The standard InChI is InChI=1S/C9H13F3N4OS/c10-9(11,12)6-15-16-7(18-6)14-8(5-13)1-3-17-4-2-8/h1-5,13H2,(H,14,16). The monoisotopic (exact) mass is 282 g/mol. The lowest BCUT2D eigenvalue weighted by molar-refractivity contribution is -0.138. The molecule has 1 aliphatic heterocycles. The van der Waals surface area contributed by atoms with Crippen molar-refractivity contribution < 1.29 is 17.9 Å². The third-order valence-corrected chi connectivity index (χ3v) is 3.76. The second-order valence-corrected chi connectivity index (χ2v) is 5.11. The van der Waals surface area contributed by atoms with Crippen LogP contribution in [0.3, 0.4) is 0 Å². The molecule has 102 valence electrons. The number of ether oxygens (including phenoxy) is 1. The predicted octanol–water partition coefficient (Wildman–Crippen LogP) is 1.48. The summed E-state index contributed by atoms with van der Waals surface area (Å²) in [6.45, 7) is 1.39. The number of aromatic nitrogens is 2. The molecule has 0 bridgehead atoms. The number of nitrogens with one attached hydrogen (secondary N) is 1. The van der Waals surface area contributed by atoms with Gasteiger partial charge in [-0.3, -0.25) is 0 Å². The molecular formula is C9H13F3N4OS. The van der Waals surface area contributed by atoms with Crippen molar-refractivity contribution in [1.82, 2.24) is 10.2 Å². The molecule has 0 saturated carbocycles. The molecule has 1 aromatic heterocycles. The van der Waals surface area contributed by atoms with Crippen molar-refractivity contribution >= 4 is 16.5 Å². The number of alkyl halides is 3. The average Bonchev–Trinajstić information content (AvgIpc) is 2.78. The lowest BCUT2D eigenvalue weighted by atomic mass is 9.90. The first-order valence-electron chi connectivity index (χ1n) is 5.42. The van der Waals surface area contributed by atoms with Gasteiger partial charge in [-0.2, -0.15) is 13.2 Å². The average molecular weight is 282 g/mol. The highest BCUT2D eigenvalue weighted by Gasteiger charge is 2.37. The molecule has 0 atom stereocenters. The Morgan fingerprint density at radius 2 is 2.00 bits per heavy atom. The summed E-state index contributed by atoms with van der Waals surface area (Å²) in [5.74, 6) is 0. The fraction of sp³-hybridized carbons (Fsp3) is 0.778. The number of anilines is 1. The molecular weight excluding hydrogens is 269 g/mol. The summed E-state index contributed by atoms with van der Waals surface area (Å²) >= 11 is 0.493. The van der Waals surface area contributed by atoms with Crippen molar-refractivity contribution in [1.29, 1.82) is 0 Å². The normalized spacial score (nSPS) is 19.8. The van der Waals surface area contributed by atoms with Crippen LogP contribution in [0.2, 0.25) is 0 Å². The van der Waals surface area contributed by atoms with Gasteiger partial charge >= 0.3 is 6.18 Å². The molecule has 18 heavy (non-hydrogen) atoms. The largest absolute Gasteiger partial charge is 0.445 e. The summed E-state index contributed by atoms with van der Waals surface area (Å²) in [5, 5.41) is 8.81. The van der Waals surface area contributed by atoms with Crippen LogP contribution in [0.15, 0.2) is 0 Å². The molecule has 0 aliphatic carbocycles. The van der Waals surface area contributed by atoms with Crippen molar-refractivity contribution in [3.63, 3.8) is 0 Å². The van der Waals surface area contributed by atoms with Gasteiger partial charge in [-0.1, -0.05) is 11.3 Å². The van der Waals surface area contributed by atoms with Crippen molar-refractivity contribution in [2.45, 2.75) is 24.6 Å². The highest BCUT2D eigenvalue weighted by molar-refractivity contribution is 7.15. The maximum absolute atomic E-state index is 12.4. The van der Waals surface area contributed by atoms with Gasteiger partial charge in [0.15, 0.2) is 0 Å². The smallest absolute Gasteiger partial charge is 0.381 e. The van der Waals surface area contributed by atoms with E-state index in [1.54, 1.807) is 0 Å². The summed E-state index contributed by atoms with van der Waals surface area (Å²) in [7, 11) is 0. The minimum Gasteiger partial charge on any atom is -0.381 e. The van der Waals surface area contributed by atoms with Gasteiger partial charge in [0.1, 0.15) is 0 Å². The summed E-state index contributed by atoms with van der Waals surface area (Å²) in [6.07, 6.45) is -3.17. The van der Waals surface area contributed by atoms with Crippen LogP contribution in [0, 0.1) is 0 Å². The predicted molar refractivity (Wildman–Crippen MR) is 60.4 cm³/mol. The second-order valence-electron chi connectivity index (χ2n) is 4.13. The Balaban J connectivity index is 2.10. The summed E-state index contributed by atoms with van der Waals surface area (Å²) < 4.78 is 42.4. The Bertz CT molecular complexity index is 403. The van der Waals surface area contributed by atoms with Gasteiger partial charge in [-0.25, -0.2) is 0 Å². The van der Waals surface area contributed by atoms with E-state index in [4.69, 9.17) is 10.5 Å². The van der Waals surface area contributed by atoms with E-state index < -0.39 is 16.7 Å². The van der Waals surface area contributed by atoms with Crippen LogP contribution >= 0.6 is 11.3 Å². The maximum atomic E-state index is 12.4. The van der Waals surface area contributed by atoms with Crippen LogP contribution in [0.1, 0.15) is 17.8 Å². The SMILES string of the molecule is NCC1(Nc2nnc(C(F)(F)F)s2)CCOCC1. The van der Waals surface area contributed by atoms with Crippen LogP contribution < -0.4 is 11.1 Å². The molecule has 0 unspecified atom stereocenters. The van der Waals surface area contributed by atoms with Crippen LogP contribution in [0.4, 0.5) is 18.3 Å².